The number of fused-ring (bicyclic) bond motifs is 1. The van der Waals surface area contributed by atoms with Crippen LogP contribution in [0.3, 0.4) is 0 Å². The first-order chi connectivity index (χ1) is 7.25. The first kappa shape index (κ1) is 9.79. The van der Waals surface area contributed by atoms with E-state index < -0.39 is 5.97 Å². The second-order valence-corrected chi connectivity index (χ2v) is 3.56. The molecule has 0 unspecified atom stereocenters. The fraction of sp³-hybridized carbons (Fsp3) is 0. The summed E-state index contributed by atoms with van der Waals surface area (Å²) in [6.07, 6.45) is 1.04. The smallest absolute Gasteiger partial charge is 0.328 e. The molecule has 0 saturated carbocycles. The lowest BCUT2D eigenvalue weighted by atomic mass is 10.3. The molecule has 0 spiro atoms. The Hall–Kier alpha value is -1.75. The zero-order chi connectivity index (χ0) is 10.7. The predicted octanol–water partition coefficient (Wildman–Crippen LogP) is 2.52. The van der Waals surface area contributed by atoms with Crippen molar-refractivity contribution in [1.29, 1.82) is 0 Å². The summed E-state index contributed by atoms with van der Waals surface area (Å²) in [4.78, 5) is 14.4. The van der Waals surface area contributed by atoms with E-state index in [1.165, 1.54) is 5.41 Å². The zero-order valence-electron chi connectivity index (χ0n) is 7.58. The largest absolute Gasteiger partial charge is 0.478 e. The summed E-state index contributed by atoms with van der Waals surface area (Å²) in [5.74, 6) is -0.987. The van der Waals surface area contributed by atoms with Crippen LogP contribution in [0.1, 0.15) is 0 Å². The lowest BCUT2D eigenvalue weighted by Crippen LogP contribution is -1.84. The minimum atomic E-state index is -0.987. The molecule has 0 aliphatic carbocycles. The number of hydrogen-bond donors (Lipinski definition) is 1. The van der Waals surface area contributed by atoms with Gasteiger partial charge in [-0.25, -0.2) is 9.78 Å². The van der Waals surface area contributed by atoms with Gasteiger partial charge in [-0.05, 0) is 29.3 Å². The normalized spacial score (nSPS) is 11.2. The summed E-state index contributed by atoms with van der Waals surface area (Å²) in [5.41, 5.74) is 1.47. The maximum Gasteiger partial charge on any atom is 0.328 e. The van der Waals surface area contributed by atoms with Crippen molar-refractivity contribution in [1.82, 2.24) is 4.98 Å². The molecular weight excluding hydrogens is 214 g/mol. The van der Waals surface area contributed by atoms with Gasteiger partial charge in [-0.15, -0.1) is 0 Å². The van der Waals surface area contributed by atoms with Gasteiger partial charge >= 0.3 is 5.97 Å². The van der Waals surface area contributed by atoms with Crippen molar-refractivity contribution in [3.05, 3.63) is 35.7 Å². The fourth-order valence-corrected chi connectivity index (χ4v) is 1.64. The van der Waals surface area contributed by atoms with Crippen LogP contribution in [-0.2, 0) is 4.79 Å². The van der Waals surface area contributed by atoms with Gasteiger partial charge in [-0.3, -0.25) is 0 Å². The molecule has 1 heterocycles. The lowest BCUT2D eigenvalue weighted by molar-refractivity contribution is -0.131. The molecule has 2 aromatic rings. The molecule has 0 atom stereocenters. The SMILES string of the molecule is O=C(O)C=CSc1nc2ccccc2o1. The number of carboxylic acids is 1. The highest BCUT2D eigenvalue weighted by molar-refractivity contribution is 8.01. The first-order valence-electron chi connectivity index (χ1n) is 4.17. The van der Waals surface area contributed by atoms with Gasteiger partial charge in [-0.2, -0.15) is 0 Å². The van der Waals surface area contributed by atoms with E-state index in [4.69, 9.17) is 9.52 Å². The Morgan fingerprint density at radius 1 is 1.47 bits per heavy atom. The standard InChI is InChI=1S/C10H7NO3S/c12-9(13)5-6-15-10-11-7-3-1-2-4-8(7)14-10/h1-6H,(H,12,13). The van der Waals surface area contributed by atoms with Gasteiger partial charge in [0.25, 0.3) is 5.22 Å². The molecule has 0 aliphatic heterocycles. The highest BCUT2D eigenvalue weighted by Gasteiger charge is 2.03. The molecular formula is C10H7NO3S. The highest BCUT2D eigenvalue weighted by Crippen LogP contribution is 2.23. The molecule has 0 bridgehead atoms. The minimum absolute atomic E-state index is 0.439. The van der Waals surface area contributed by atoms with Crippen LogP contribution in [0.25, 0.3) is 11.1 Å². The predicted molar refractivity (Wildman–Crippen MR) is 56.6 cm³/mol. The van der Waals surface area contributed by atoms with Crippen molar-refractivity contribution in [3.63, 3.8) is 0 Å². The van der Waals surface area contributed by atoms with Crippen LogP contribution in [0.2, 0.25) is 0 Å². The Kier molecular flexibility index (Phi) is 2.73. The monoisotopic (exact) mass is 221 g/mol. The molecule has 1 aromatic carbocycles. The zero-order valence-corrected chi connectivity index (χ0v) is 8.40. The average molecular weight is 221 g/mol. The third kappa shape index (κ3) is 2.38. The fourth-order valence-electron chi connectivity index (χ4n) is 1.05. The molecule has 15 heavy (non-hydrogen) atoms. The van der Waals surface area contributed by atoms with E-state index >= 15 is 0 Å². The number of aliphatic carboxylic acids is 1. The van der Waals surface area contributed by atoms with Gasteiger partial charge in [0, 0.05) is 6.08 Å². The quantitative estimate of drug-likeness (QED) is 0.637. The maximum atomic E-state index is 10.2. The number of hydrogen-bond acceptors (Lipinski definition) is 4. The molecule has 1 N–H and O–H groups in total. The van der Waals surface area contributed by atoms with Crippen LogP contribution in [0.5, 0.6) is 0 Å². The molecule has 0 aliphatic rings. The van der Waals surface area contributed by atoms with E-state index in [2.05, 4.69) is 4.98 Å². The van der Waals surface area contributed by atoms with Gasteiger partial charge in [0.2, 0.25) is 0 Å². The molecule has 1 aromatic heterocycles. The minimum Gasteiger partial charge on any atom is -0.478 e. The van der Waals surface area contributed by atoms with E-state index in [1.54, 1.807) is 0 Å². The third-order valence-electron chi connectivity index (χ3n) is 1.65. The summed E-state index contributed by atoms with van der Waals surface area (Å²) in [6.45, 7) is 0. The average Bonchev–Trinajstić information content (AvgIpc) is 2.59. The van der Waals surface area contributed by atoms with Gasteiger partial charge in [-0.1, -0.05) is 12.1 Å². The van der Waals surface area contributed by atoms with Crippen molar-refractivity contribution in [2.24, 2.45) is 0 Å². The molecule has 2 rings (SSSR count). The van der Waals surface area contributed by atoms with Crippen molar-refractivity contribution >= 4 is 28.8 Å². The number of oxazole rings is 1. The summed E-state index contributed by atoms with van der Waals surface area (Å²) in [6, 6.07) is 7.37. The van der Waals surface area contributed by atoms with Gasteiger partial charge < -0.3 is 9.52 Å². The second kappa shape index (κ2) is 4.18. The number of carboxylic acid groups (broad SMARTS) is 1. The lowest BCUT2D eigenvalue weighted by Gasteiger charge is -1.83. The summed E-state index contributed by atoms with van der Waals surface area (Å²) < 4.78 is 5.36. The molecule has 0 radical (unpaired) electrons. The van der Waals surface area contributed by atoms with Crippen molar-refractivity contribution in [3.8, 4) is 0 Å². The Bertz CT molecular complexity index is 485. The topological polar surface area (TPSA) is 63.3 Å². The molecule has 4 nitrogen and oxygen atoms in total. The number of para-hydroxylation sites is 2. The number of nitrogens with zero attached hydrogens (tertiary/aromatic N) is 1. The Morgan fingerprint density at radius 3 is 3.00 bits per heavy atom. The van der Waals surface area contributed by atoms with Crippen LogP contribution in [0.4, 0.5) is 0 Å². The van der Waals surface area contributed by atoms with Crippen molar-refractivity contribution < 1.29 is 14.3 Å². The summed E-state index contributed by atoms with van der Waals surface area (Å²) in [5, 5.41) is 10.2. The number of rotatable bonds is 3. The van der Waals surface area contributed by atoms with Crippen LogP contribution in [0, 0.1) is 0 Å². The molecule has 0 saturated heterocycles. The Morgan fingerprint density at radius 2 is 2.27 bits per heavy atom. The molecule has 5 heteroatoms. The van der Waals surface area contributed by atoms with E-state index in [1.807, 2.05) is 24.3 Å². The molecule has 76 valence electrons. The summed E-state index contributed by atoms with van der Waals surface area (Å²) in [7, 11) is 0. The number of thioether (sulfide) groups is 1. The molecule has 0 amide bonds. The van der Waals surface area contributed by atoms with Crippen LogP contribution >= 0.6 is 11.8 Å². The van der Waals surface area contributed by atoms with E-state index in [-0.39, 0.29) is 0 Å². The third-order valence-corrected chi connectivity index (χ3v) is 2.30. The van der Waals surface area contributed by atoms with Crippen molar-refractivity contribution in [2.75, 3.05) is 0 Å². The number of aromatic nitrogens is 1. The maximum absolute atomic E-state index is 10.2. The molecule has 0 fully saturated rings. The van der Waals surface area contributed by atoms with Gasteiger partial charge in [0.1, 0.15) is 5.52 Å². The van der Waals surface area contributed by atoms with E-state index in [0.717, 1.165) is 23.4 Å². The first-order valence-corrected chi connectivity index (χ1v) is 5.05. The van der Waals surface area contributed by atoms with E-state index in [9.17, 15) is 4.79 Å². The van der Waals surface area contributed by atoms with Crippen LogP contribution in [-0.4, -0.2) is 16.1 Å². The van der Waals surface area contributed by atoms with Crippen LogP contribution < -0.4 is 0 Å². The Labute approximate surface area is 89.6 Å². The Balaban J connectivity index is 2.19. The number of carbonyl (C=O) groups is 1. The summed E-state index contributed by atoms with van der Waals surface area (Å²) >= 11 is 1.14. The van der Waals surface area contributed by atoms with Crippen molar-refractivity contribution in [2.45, 2.75) is 5.22 Å². The highest BCUT2D eigenvalue weighted by atomic mass is 32.2. The number of benzene rings is 1. The van der Waals surface area contributed by atoms with Gasteiger partial charge in [0.15, 0.2) is 5.58 Å². The van der Waals surface area contributed by atoms with Crippen LogP contribution in [0.15, 0.2) is 45.4 Å². The second-order valence-electron chi connectivity index (χ2n) is 2.71. The van der Waals surface area contributed by atoms with E-state index in [0.29, 0.717) is 10.8 Å². The van der Waals surface area contributed by atoms with Gasteiger partial charge in [0.05, 0.1) is 0 Å².